The van der Waals surface area contributed by atoms with Gasteiger partial charge in [-0.15, -0.1) is 0 Å². The topological polar surface area (TPSA) is 75.4 Å². The monoisotopic (exact) mass is 391 g/mol. The molecule has 29 heavy (non-hydrogen) atoms. The Bertz CT molecular complexity index is 923. The molecular weight excluding hydrogens is 366 g/mol. The van der Waals surface area contributed by atoms with E-state index in [0.29, 0.717) is 30.6 Å². The van der Waals surface area contributed by atoms with E-state index in [9.17, 15) is 4.79 Å². The molecule has 4 rings (SSSR count). The predicted octanol–water partition coefficient (Wildman–Crippen LogP) is 2.80. The van der Waals surface area contributed by atoms with Crippen LogP contribution in [0.2, 0.25) is 0 Å². The van der Waals surface area contributed by atoms with Gasteiger partial charge in [0.15, 0.2) is 0 Å². The Kier molecular flexibility index (Phi) is 5.95. The average molecular weight is 391 g/mol. The molecule has 150 valence electrons. The summed E-state index contributed by atoms with van der Waals surface area (Å²) in [6, 6.07) is 14.2. The maximum absolute atomic E-state index is 12.5. The van der Waals surface area contributed by atoms with Gasteiger partial charge in [0, 0.05) is 56.5 Å². The summed E-state index contributed by atoms with van der Waals surface area (Å²) in [6.45, 7) is 5.55. The minimum absolute atomic E-state index is 0.140. The van der Waals surface area contributed by atoms with Crippen molar-refractivity contribution in [2.75, 3.05) is 19.6 Å². The zero-order chi connectivity index (χ0) is 20.1. The molecule has 0 radical (unpaired) electrons. The number of nitrogens with zero attached hydrogens (tertiary/aromatic N) is 5. The smallest absolute Gasteiger partial charge is 0.227 e. The molecule has 0 aliphatic carbocycles. The number of benzene rings is 1. The van der Waals surface area contributed by atoms with Crippen LogP contribution >= 0.6 is 0 Å². The van der Waals surface area contributed by atoms with E-state index in [1.807, 2.05) is 59.8 Å². The number of likely N-dealkylation sites (N-methyl/N-ethyl adjacent to an activating group) is 1. The summed E-state index contributed by atoms with van der Waals surface area (Å²) < 4.78 is 5.30. The molecule has 0 N–H and O–H groups in total. The van der Waals surface area contributed by atoms with Gasteiger partial charge < -0.3 is 9.42 Å². The van der Waals surface area contributed by atoms with E-state index in [0.717, 1.165) is 31.7 Å². The number of carbonyl (C=O) groups is 1. The third-order valence-electron chi connectivity index (χ3n) is 5.33. The maximum Gasteiger partial charge on any atom is 0.227 e. The molecule has 0 bridgehead atoms. The SMILES string of the molecule is CCN(Cc1ccncc1)C1CN(C(=O)CCc2nc(-c3ccccc3)no2)C1. The summed E-state index contributed by atoms with van der Waals surface area (Å²) in [7, 11) is 0. The van der Waals surface area contributed by atoms with Gasteiger partial charge in [-0.3, -0.25) is 14.7 Å². The van der Waals surface area contributed by atoms with Crippen LogP contribution in [0.15, 0.2) is 59.4 Å². The third-order valence-corrected chi connectivity index (χ3v) is 5.33. The van der Waals surface area contributed by atoms with Gasteiger partial charge in [0.1, 0.15) is 0 Å². The summed E-state index contributed by atoms with van der Waals surface area (Å²) in [6.07, 6.45) is 4.50. The number of aromatic nitrogens is 3. The normalized spacial score (nSPS) is 14.2. The lowest BCUT2D eigenvalue weighted by Gasteiger charge is -2.45. The zero-order valence-electron chi connectivity index (χ0n) is 16.6. The summed E-state index contributed by atoms with van der Waals surface area (Å²) >= 11 is 0. The molecule has 0 unspecified atom stereocenters. The highest BCUT2D eigenvalue weighted by Gasteiger charge is 2.34. The second-order valence-electron chi connectivity index (χ2n) is 7.25. The lowest BCUT2D eigenvalue weighted by molar-refractivity contribution is -0.138. The number of hydrogen-bond donors (Lipinski definition) is 0. The average Bonchev–Trinajstić information content (AvgIpc) is 3.21. The van der Waals surface area contributed by atoms with Crippen LogP contribution in [0.25, 0.3) is 11.4 Å². The number of pyridine rings is 1. The first kappa shape index (κ1) is 19.3. The number of hydrogen-bond acceptors (Lipinski definition) is 6. The molecule has 1 fully saturated rings. The molecule has 2 aromatic heterocycles. The van der Waals surface area contributed by atoms with Crippen molar-refractivity contribution in [1.29, 1.82) is 0 Å². The first-order valence-corrected chi connectivity index (χ1v) is 10.0. The van der Waals surface area contributed by atoms with Gasteiger partial charge in [0.05, 0.1) is 0 Å². The second-order valence-corrected chi connectivity index (χ2v) is 7.25. The van der Waals surface area contributed by atoms with Gasteiger partial charge in [-0.25, -0.2) is 0 Å². The fourth-order valence-electron chi connectivity index (χ4n) is 3.54. The van der Waals surface area contributed by atoms with Crippen LogP contribution in [0.4, 0.5) is 0 Å². The quantitative estimate of drug-likeness (QED) is 0.588. The van der Waals surface area contributed by atoms with Crippen molar-refractivity contribution in [3.05, 3.63) is 66.3 Å². The summed E-state index contributed by atoms with van der Waals surface area (Å²) in [5, 5.41) is 4.01. The van der Waals surface area contributed by atoms with Crippen molar-refractivity contribution < 1.29 is 9.32 Å². The molecule has 1 aliphatic heterocycles. The summed E-state index contributed by atoms with van der Waals surface area (Å²) in [5.41, 5.74) is 2.16. The molecule has 7 heteroatoms. The highest BCUT2D eigenvalue weighted by atomic mass is 16.5. The lowest BCUT2D eigenvalue weighted by Crippen LogP contribution is -2.60. The van der Waals surface area contributed by atoms with Crippen LogP contribution in [-0.2, 0) is 17.8 Å². The Hall–Kier alpha value is -3.06. The van der Waals surface area contributed by atoms with Crippen molar-refractivity contribution in [2.45, 2.75) is 32.4 Å². The van der Waals surface area contributed by atoms with Crippen LogP contribution in [-0.4, -0.2) is 56.5 Å². The van der Waals surface area contributed by atoms with Crippen LogP contribution < -0.4 is 0 Å². The Morgan fingerprint density at radius 2 is 1.93 bits per heavy atom. The third kappa shape index (κ3) is 4.68. The van der Waals surface area contributed by atoms with Crippen LogP contribution in [0.3, 0.4) is 0 Å². The first-order valence-electron chi connectivity index (χ1n) is 10.0. The van der Waals surface area contributed by atoms with Crippen molar-refractivity contribution in [1.82, 2.24) is 24.9 Å². The van der Waals surface area contributed by atoms with Crippen LogP contribution in [0.5, 0.6) is 0 Å². The molecule has 1 aliphatic rings. The Morgan fingerprint density at radius 3 is 2.66 bits per heavy atom. The predicted molar refractivity (Wildman–Crippen MR) is 109 cm³/mol. The van der Waals surface area contributed by atoms with E-state index in [-0.39, 0.29) is 5.91 Å². The Morgan fingerprint density at radius 1 is 1.17 bits per heavy atom. The molecule has 0 spiro atoms. The lowest BCUT2D eigenvalue weighted by atomic mass is 10.0. The van der Waals surface area contributed by atoms with Gasteiger partial charge in [-0.2, -0.15) is 4.98 Å². The standard InChI is InChI=1S/C22H25N5O2/c1-2-26(14-17-10-12-23-13-11-17)19-15-27(16-19)21(28)9-8-20-24-22(25-29-20)18-6-4-3-5-7-18/h3-7,10-13,19H,2,8-9,14-16H2,1H3. The maximum atomic E-state index is 12.5. The summed E-state index contributed by atoms with van der Waals surface area (Å²) in [4.78, 5) is 25.3. The van der Waals surface area contributed by atoms with Gasteiger partial charge >= 0.3 is 0 Å². The largest absolute Gasteiger partial charge is 0.339 e. The second kappa shape index (κ2) is 8.96. The minimum Gasteiger partial charge on any atom is -0.339 e. The van der Waals surface area contributed by atoms with E-state index in [2.05, 4.69) is 26.9 Å². The van der Waals surface area contributed by atoms with E-state index in [1.54, 1.807) is 0 Å². The molecule has 1 aromatic carbocycles. The van der Waals surface area contributed by atoms with Gasteiger partial charge in [0.2, 0.25) is 17.6 Å². The van der Waals surface area contributed by atoms with E-state index in [4.69, 9.17) is 4.52 Å². The highest BCUT2D eigenvalue weighted by Crippen LogP contribution is 2.20. The van der Waals surface area contributed by atoms with Crippen molar-refractivity contribution >= 4 is 5.91 Å². The molecule has 1 saturated heterocycles. The van der Waals surface area contributed by atoms with Crippen LogP contribution in [0.1, 0.15) is 24.8 Å². The zero-order valence-corrected chi connectivity index (χ0v) is 16.6. The fraction of sp³-hybridized carbons (Fsp3) is 0.364. The van der Waals surface area contributed by atoms with Crippen LogP contribution in [0, 0.1) is 0 Å². The van der Waals surface area contributed by atoms with Crippen molar-refractivity contribution in [2.24, 2.45) is 0 Å². The molecule has 3 heterocycles. The first-order chi connectivity index (χ1) is 14.2. The highest BCUT2D eigenvalue weighted by molar-refractivity contribution is 5.77. The van der Waals surface area contributed by atoms with Crippen molar-refractivity contribution in [3.63, 3.8) is 0 Å². The molecule has 0 saturated carbocycles. The molecule has 3 aromatic rings. The number of aryl methyl sites for hydroxylation is 1. The van der Waals surface area contributed by atoms with E-state index in [1.165, 1.54) is 5.56 Å². The molecule has 7 nitrogen and oxygen atoms in total. The number of carbonyl (C=O) groups excluding carboxylic acids is 1. The Balaban J connectivity index is 1.24. The number of rotatable bonds is 8. The van der Waals surface area contributed by atoms with Gasteiger partial charge in [-0.05, 0) is 24.2 Å². The number of amides is 1. The summed E-state index contributed by atoms with van der Waals surface area (Å²) in [5.74, 6) is 1.20. The minimum atomic E-state index is 0.140. The van der Waals surface area contributed by atoms with Crippen molar-refractivity contribution in [3.8, 4) is 11.4 Å². The van der Waals surface area contributed by atoms with Gasteiger partial charge in [0.25, 0.3) is 0 Å². The molecular formula is C22H25N5O2. The van der Waals surface area contributed by atoms with E-state index < -0.39 is 0 Å². The number of likely N-dealkylation sites (tertiary alicyclic amines) is 1. The molecule has 0 atom stereocenters. The molecule has 1 amide bonds. The Labute approximate surface area is 170 Å². The fourth-order valence-corrected chi connectivity index (χ4v) is 3.54. The van der Waals surface area contributed by atoms with Gasteiger partial charge in [-0.1, -0.05) is 42.4 Å². The van der Waals surface area contributed by atoms with E-state index >= 15 is 0 Å².